The van der Waals surface area contributed by atoms with E-state index in [0.29, 0.717) is 23.6 Å². The van der Waals surface area contributed by atoms with E-state index in [-0.39, 0.29) is 49.6 Å². The summed E-state index contributed by atoms with van der Waals surface area (Å²) in [5.41, 5.74) is 4.36. The third-order valence-electron chi connectivity index (χ3n) is 7.19. The lowest BCUT2D eigenvalue weighted by atomic mass is 9.81. The van der Waals surface area contributed by atoms with Crippen molar-refractivity contribution in [2.45, 2.75) is 44.6 Å². The van der Waals surface area contributed by atoms with Crippen LogP contribution in [0.2, 0.25) is 0 Å². The maximum absolute atomic E-state index is 13.5. The van der Waals surface area contributed by atoms with Crippen LogP contribution in [-0.2, 0) is 16.1 Å². The molecule has 0 bridgehead atoms. The molecule has 1 saturated carbocycles. The van der Waals surface area contributed by atoms with Gasteiger partial charge in [0.1, 0.15) is 12.4 Å². The summed E-state index contributed by atoms with van der Waals surface area (Å²) in [6, 6.07) is 10.5. The fourth-order valence-electron chi connectivity index (χ4n) is 5.49. The van der Waals surface area contributed by atoms with Crippen LogP contribution in [0, 0.1) is 11.7 Å². The molecule has 0 spiro atoms. The summed E-state index contributed by atoms with van der Waals surface area (Å²) < 4.78 is 24.1. The number of hydrogen-bond acceptors (Lipinski definition) is 6. The molecule has 10 nitrogen and oxygen atoms in total. The Morgan fingerprint density at radius 1 is 1.06 bits per heavy atom. The van der Waals surface area contributed by atoms with E-state index >= 15 is 0 Å². The van der Waals surface area contributed by atoms with Crippen molar-refractivity contribution in [3.05, 3.63) is 53.8 Å². The Bertz CT molecular complexity index is 1210. The number of halogens is 1. The van der Waals surface area contributed by atoms with E-state index in [2.05, 4.69) is 10.7 Å². The van der Waals surface area contributed by atoms with E-state index < -0.39 is 12.2 Å². The molecule has 188 valence electrons. The van der Waals surface area contributed by atoms with Crippen molar-refractivity contribution in [3.63, 3.8) is 0 Å². The molecule has 2 aromatic rings. The number of nitrogens with one attached hydrogen (secondary N) is 2. The van der Waals surface area contributed by atoms with E-state index in [1.807, 2.05) is 0 Å². The summed E-state index contributed by atoms with van der Waals surface area (Å²) in [6.07, 6.45) is 2.60. The quantitative estimate of drug-likeness (QED) is 0.661. The number of rotatable bonds is 5. The Labute approximate surface area is 206 Å². The van der Waals surface area contributed by atoms with Crippen molar-refractivity contribution in [2.24, 2.45) is 5.92 Å². The molecule has 4 amide bonds. The molecule has 0 aromatic heterocycles. The molecule has 2 saturated heterocycles. The maximum atomic E-state index is 13.5. The lowest BCUT2D eigenvalue weighted by Crippen LogP contribution is -2.65. The van der Waals surface area contributed by atoms with Crippen LogP contribution in [0.4, 0.5) is 14.9 Å². The highest BCUT2D eigenvalue weighted by Gasteiger charge is 2.54. The molecule has 2 aromatic carbocycles. The van der Waals surface area contributed by atoms with Gasteiger partial charge in [0.05, 0.1) is 5.92 Å². The average molecular weight is 496 g/mol. The van der Waals surface area contributed by atoms with Crippen molar-refractivity contribution in [1.82, 2.24) is 20.2 Å². The Hall–Kier alpha value is -3.86. The number of carbonyl (C=O) groups excluding carboxylic acids is 3. The molecule has 4 aliphatic rings. The van der Waals surface area contributed by atoms with E-state index in [4.69, 9.17) is 9.47 Å². The predicted octanol–water partition coefficient (Wildman–Crippen LogP) is 2.62. The summed E-state index contributed by atoms with van der Waals surface area (Å²) in [4.78, 5) is 43.1. The normalized spacial score (nSPS) is 24.6. The van der Waals surface area contributed by atoms with Gasteiger partial charge in [0, 0.05) is 24.3 Å². The Balaban J connectivity index is 1.20. The smallest absolute Gasteiger partial charge is 0.337 e. The number of anilines is 1. The Kier molecular flexibility index (Phi) is 5.63. The number of fused-ring (bicyclic) bond motifs is 4. The van der Waals surface area contributed by atoms with Crippen molar-refractivity contribution in [2.75, 3.05) is 18.7 Å². The van der Waals surface area contributed by atoms with Gasteiger partial charge in [-0.15, -0.1) is 0 Å². The molecule has 36 heavy (non-hydrogen) atoms. The number of benzene rings is 2. The number of hydrogen-bond donors (Lipinski definition) is 2. The van der Waals surface area contributed by atoms with E-state index in [1.54, 1.807) is 40.1 Å². The largest absolute Gasteiger partial charge is 0.454 e. The van der Waals surface area contributed by atoms with Gasteiger partial charge in [-0.3, -0.25) is 14.5 Å². The lowest BCUT2D eigenvalue weighted by molar-refractivity contribution is -0.157. The van der Waals surface area contributed by atoms with E-state index in [1.165, 1.54) is 17.1 Å². The summed E-state index contributed by atoms with van der Waals surface area (Å²) in [5, 5.41) is 4.04. The molecule has 3 unspecified atom stereocenters. The maximum Gasteiger partial charge on any atom is 0.337 e. The van der Waals surface area contributed by atoms with E-state index in [9.17, 15) is 18.8 Å². The topological polar surface area (TPSA) is 103 Å². The van der Waals surface area contributed by atoms with Crippen LogP contribution in [0.5, 0.6) is 11.5 Å². The molecule has 11 heteroatoms. The summed E-state index contributed by atoms with van der Waals surface area (Å²) in [6.45, 7) is 0.114. The van der Waals surface area contributed by atoms with Crippen molar-refractivity contribution in [1.29, 1.82) is 0 Å². The van der Waals surface area contributed by atoms with Gasteiger partial charge in [-0.1, -0.05) is 25.0 Å². The van der Waals surface area contributed by atoms with Gasteiger partial charge in [0.2, 0.25) is 18.6 Å². The summed E-state index contributed by atoms with van der Waals surface area (Å²) >= 11 is 0. The fraction of sp³-hybridized carbons (Fsp3) is 0.400. The lowest BCUT2D eigenvalue weighted by Gasteiger charge is -2.48. The van der Waals surface area contributed by atoms with Crippen LogP contribution < -0.4 is 20.2 Å². The highest BCUT2D eigenvalue weighted by Crippen LogP contribution is 2.39. The highest BCUT2D eigenvalue weighted by atomic mass is 19.1. The van der Waals surface area contributed by atoms with Crippen molar-refractivity contribution < 1.29 is 28.2 Å². The van der Waals surface area contributed by atoms with Gasteiger partial charge in [-0.25, -0.2) is 14.2 Å². The van der Waals surface area contributed by atoms with Gasteiger partial charge in [-0.2, -0.15) is 5.43 Å². The number of amides is 4. The molecule has 3 heterocycles. The molecule has 3 atom stereocenters. The first-order chi connectivity index (χ1) is 17.5. The molecule has 6 rings (SSSR count). The second kappa shape index (κ2) is 8.98. The fourth-order valence-corrected chi connectivity index (χ4v) is 5.49. The SMILES string of the molecule is O=C(CN1NC2N(Cc3ccc(F)cc3)C(=O)C3CCCCC3N2C1=O)Nc1ccc2c(c1)OCO2. The third kappa shape index (κ3) is 3.98. The average Bonchev–Trinajstić information content (AvgIpc) is 3.47. The first-order valence-electron chi connectivity index (χ1n) is 12.1. The van der Waals surface area contributed by atoms with Gasteiger partial charge in [0.15, 0.2) is 17.8 Å². The van der Waals surface area contributed by atoms with Gasteiger partial charge >= 0.3 is 6.03 Å². The number of urea groups is 1. The minimum absolute atomic E-state index is 0.0303. The minimum atomic E-state index is -0.715. The van der Waals surface area contributed by atoms with E-state index in [0.717, 1.165) is 24.8 Å². The zero-order valence-corrected chi connectivity index (χ0v) is 19.5. The second-order valence-electron chi connectivity index (χ2n) is 9.45. The molecule has 1 aliphatic carbocycles. The number of carbonyl (C=O) groups is 3. The summed E-state index contributed by atoms with van der Waals surface area (Å²) in [5.74, 6) is 0.0753. The predicted molar refractivity (Wildman–Crippen MR) is 125 cm³/mol. The Morgan fingerprint density at radius 3 is 2.67 bits per heavy atom. The van der Waals surface area contributed by atoms with Crippen LogP contribution in [-0.4, -0.2) is 58.3 Å². The first kappa shape index (κ1) is 22.6. The van der Waals surface area contributed by atoms with Crippen LogP contribution in [0.25, 0.3) is 0 Å². The molecular weight excluding hydrogens is 469 g/mol. The first-order valence-corrected chi connectivity index (χ1v) is 12.1. The standard InChI is InChI=1S/C25H26FN5O5/c26-16-7-5-15(6-8-16)12-29-23(33)18-3-1-2-4-19(18)31-24(29)28-30(25(31)34)13-22(32)27-17-9-10-20-21(11-17)36-14-35-20/h5-11,18-19,24,28H,1-4,12-14H2,(H,27,32). The van der Waals surface area contributed by atoms with Crippen LogP contribution in [0.1, 0.15) is 31.2 Å². The van der Waals surface area contributed by atoms with Gasteiger partial charge < -0.3 is 19.7 Å². The van der Waals surface area contributed by atoms with Crippen LogP contribution in [0.15, 0.2) is 42.5 Å². The second-order valence-corrected chi connectivity index (χ2v) is 9.45. The number of hydrazine groups is 1. The van der Waals surface area contributed by atoms with Crippen molar-refractivity contribution >= 4 is 23.5 Å². The Morgan fingerprint density at radius 2 is 1.83 bits per heavy atom. The molecule has 3 fully saturated rings. The monoisotopic (exact) mass is 495 g/mol. The van der Waals surface area contributed by atoms with Crippen molar-refractivity contribution in [3.8, 4) is 11.5 Å². The molecular formula is C25H26FN5O5. The van der Waals surface area contributed by atoms with Gasteiger partial charge in [0.25, 0.3) is 0 Å². The summed E-state index contributed by atoms with van der Waals surface area (Å²) in [7, 11) is 0. The van der Waals surface area contributed by atoms with Gasteiger partial charge in [-0.05, 0) is 42.7 Å². The molecule has 0 radical (unpaired) electrons. The molecule has 2 N–H and O–H groups in total. The highest BCUT2D eigenvalue weighted by molar-refractivity contribution is 5.95. The van der Waals surface area contributed by atoms with Crippen LogP contribution >= 0.6 is 0 Å². The number of ether oxygens (including phenoxy) is 2. The molecule has 3 aliphatic heterocycles. The minimum Gasteiger partial charge on any atom is -0.454 e. The third-order valence-corrected chi connectivity index (χ3v) is 7.19. The number of nitrogens with zero attached hydrogens (tertiary/aromatic N) is 3. The van der Waals surface area contributed by atoms with Crippen LogP contribution in [0.3, 0.4) is 0 Å². The zero-order valence-electron chi connectivity index (χ0n) is 19.5. The zero-order chi connectivity index (χ0) is 24.8.